The zero-order chi connectivity index (χ0) is 15.2. The zero-order valence-electron chi connectivity index (χ0n) is 11.9. The largest absolute Gasteiger partial charge is 0.371 e. The average molecular weight is 367 g/mol. The van der Waals surface area contributed by atoms with Crippen LogP contribution in [0.25, 0.3) is 0 Å². The molecule has 0 aliphatic heterocycles. The van der Waals surface area contributed by atoms with E-state index in [9.17, 15) is 4.79 Å². The molecule has 0 fully saturated rings. The van der Waals surface area contributed by atoms with E-state index in [1.165, 1.54) is 0 Å². The van der Waals surface area contributed by atoms with Gasteiger partial charge in [-0.1, -0.05) is 45.7 Å². The van der Waals surface area contributed by atoms with Crippen LogP contribution in [-0.4, -0.2) is 18.9 Å². The van der Waals surface area contributed by atoms with E-state index in [2.05, 4.69) is 39.9 Å². The van der Waals surface area contributed by atoms with Crippen LogP contribution in [0.5, 0.6) is 0 Å². The molecule has 0 N–H and O–H groups in total. The van der Waals surface area contributed by atoms with Gasteiger partial charge in [-0.05, 0) is 37.3 Å². The quantitative estimate of drug-likeness (QED) is 0.655. The van der Waals surface area contributed by atoms with Crippen molar-refractivity contribution in [2.24, 2.45) is 0 Å². The molecule has 0 heterocycles. The van der Waals surface area contributed by atoms with Crippen LogP contribution < -0.4 is 4.90 Å². The maximum Gasteiger partial charge on any atom is 0.166 e. The minimum Gasteiger partial charge on any atom is -0.371 e. The summed E-state index contributed by atoms with van der Waals surface area (Å²) >= 11 is 9.47. The average Bonchev–Trinajstić information content (AvgIpc) is 2.48. The first-order valence-corrected chi connectivity index (χ1v) is 8.07. The summed E-state index contributed by atoms with van der Waals surface area (Å²) in [6.07, 6.45) is 0.448. The van der Waals surface area contributed by atoms with E-state index in [1.54, 1.807) is 12.1 Å². The number of Topliss-reactive ketones (excluding diaryl/α,β-unsaturated/α-hetero) is 1. The van der Waals surface area contributed by atoms with Gasteiger partial charge in [0.2, 0.25) is 0 Å². The molecule has 0 radical (unpaired) electrons. The molecule has 4 heteroatoms. The van der Waals surface area contributed by atoms with Crippen molar-refractivity contribution in [2.75, 3.05) is 18.0 Å². The van der Waals surface area contributed by atoms with Gasteiger partial charge in [-0.15, -0.1) is 0 Å². The van der Waals surface area contributed by atoms with Gasteiger partial charge >= 0.3 is 0 Å². The van der Waals surface area contributed by atoms with Crippen LogP contribution in [0.1, 0.15) is 23.7 Å². The summed E-state index contributed by atoms with van der Waals surface area (Å²) in [5, 5.41) is 0.497. The molecule has 0 aliphatic carbocycles. The van der Waals surface area contributed by atoms with Crippen LogP contribution in [0.2, 0.25) is 5.02 Å². The highest BCUT2D eigenvalue weighted by Gasteiger charge is 2.12. The van der Waals surface area contributed by atoms with Gasteiger partial charge in [0.15, 0.2) is 5.78 Å². The number of halogens is 2. The minimum atomic E-state index is 0.0712. The first-order valence-electron chi connectivity index (χ1n) is 6.90. The van der Waals surface area contributed by atoms with E-state index in [0.29, 0.717) is 23.6 Å². The van der Waals surface area contributed by atoms with E-state index in [1.807, 2.05) is 24.3 Å². The third-order valence-corrected chi connectivity index (χ3v) is 4.15. The molecule has 0 aromatic heterocycles. The van der Waals surface area contributed by atoms with Crippen molar-refractivity contribution < 1.29 is 4.79 Å². The highest BCUT2D eigenvalue weighted by atomic mass is 79.9. The topological polar surface area (TPSA) is 20.3 Å². The smallest absolute Gasteiger partial charge is 0.166 e. The molecule has 0 spiro atoms. The van der Waals surface area contributed by atoms with Crippen LogP contribution in [0.15, 0.2) is 53.0 Å². The van der Waals surface area contributed by atoms with Crippen LogP contribution in [0.4, 0.5) is 5.69 Å². The highest BCUT2D eigenvalue weighted by Crippen LogP contribution is 2.23. The fourth-order valence-electron chi connectivity index (χ4n) is 2.20. The molecule has 0 aliphatic rings. The normalized spacial score (nSPS) is 10.4. The van der Waals surface area contributed by atoms with Gasteiger partial charge in [-0.3, -0.25) is 4.79 Å². The summed E-state index contributed by atoms with van der Waals surface area (Å²) in [4.78, 5) is 14.5. The number of hydrogen-bond donors (Lipinski definition) is 0. The molecular weight excluding hydrogens is 350 g/mol. The fourth-order valence-corrected chi connectivity index (χ4v) is 2.97. The van der Waals surface area contributed by atoms with Gasteiger partial charge in [0.05, 0.1) is 5.02 Å². The summed E-state index contributed by atoms with van der Waals surface area (Å²) < 4.78 is 0.878. The molecule has 0 saturated carbocycles. The van der Waals surface area contributed by atoms with Crippen LogP contribution in [0.3, 0.4) is 0 Å². The number of carbonyl (C=O) groups is 1. The summed E-state index contributed by atoms with van der Waals surface area (Å²) in [6, 6.07) is 15.5. The number of benzene rings is 2. The Morgan fingerprint density at radius 3 is 2.52 bits per heavy atom. The number of rotatable bonds is 6. The first-order chi connectivity index (χ1) is 10.1. The van der Waals surface area contributed by atoms with E-state index in [0.717, 1.165) is 16.7 Å². The van der Waals surface area contributed by atoms with Crippen LogP contribution in [0, 0.1) is 0 Å². The Morgan fingerprint density at radius 1 is 1.19 bits per heavy atom. The first kappa shape index (κ1) is 16.1. The number of nitrogens with zero attached hydrogens (tertiary/aromatic N) is 1. The summed E-state index contributed by atoms with van der Waals surface area (Å²) in [5.74, 6) is 0.0712. The zero-order valence-corrected chi connectivity index (χ0v) is 14.2. The van der Waals surface area contributed by atoms with Gasteiger partial charge < -0.3 is 4.90 Å². The van der Waals surface area contributed by atoms with Crippen molar-refractivity contribution in [1.82, 2.24) is 0 Å². The Hall–Kier alpha value is -1.32. The van der Waals surface area contributed by atoms with Crippen molar-refractivity contribution in [3.63, 3.8) is 0 Å². The molecule has 0 unspecified atom stereocenters. The molecule has 0 bridgehead atoms. The van der Waals surface area contributed by atoms with E-state index in [4.69, 9.17) is 11.6 Å². The lowest BCUT2D eigenvalue weighted by Crippen LogP contribution is -2.25. The van der Waals surface area contributed by atoms with E-state index >= 15 is 0 Å². The fraction of sp³-hybridized carbons (Fsp3) is 0.235. The second-order valence-corrected chi connectivity index (χ2v) is 6.04. The molecule has 0 atom stereocenters. The van der Waals surface area contributed by atoms with Crippen molar-refractivity contribution in [2.45, 2.75) is 13.3 Å². The summed E-state index contributed by atoms with van der Waals surface area (Å²) in [5.41, 5.74) is 1.72. The highest BCUT2D eigenvalue weighted by molar-refractivity contribution is 9.10. The molecular formula is C17H17BrClNO. The number of anilines is 1. The maximum absolute atomic E-state index is 12.3. The minimum absolute atomic E-state index is 0.0712. The van der Waals surface area contributed by atoms with Gasteiger partial charge in [0.25, 0.3) is 0 Å². The van der Waals surface area contributed by atoms with Crippen molar-refractivity contribution in [3.05, 3.63) is 63.6 Å². The van der Waals surface area contributed by atoms with Gasteiger partial charge in [-0.25, -0.2) is 0 Å². The Balaban J connectivity index is 2.03. The molecule has 0 amide bonds. The summed E-state index contributed by atoms with van der Waals surface area (Å²) in [6.45, 7) is 3.64. The third-order valence-electron chi connectivity index (χ3n) is 3.34. The van der Waals surface area contributed by atoms with Gasteiger partial charge in [-0.2, -0.15) is 0 Å². The Bertz CT molecular complexity index is 615. The third kappa shape index (κ3) is 4.32. The number of hydrogen-bond acceptors (Lipinski definition) is 2. The predicted molar refractivity (Wildman–Crippen MR) is 92.4 cm³/mol. The lowest BCUT2D eigenvalue weighted by atomic mass is 10.1. The Kier molecular flexibility index (Phi) is 5.83. The molecule has 2 nitrogen and oxygen atoms in total. The monoisotopic (exact) mass is 365 g/mol. The SMILES string of the molecule is CCN(CCC(=O)c1ccc(Br)cc1Cl)c1ccccc1. The summed E-state index contributed by atoms with van der Waals surface area (Å²) in [7, 11) is 0. The number of carbonyl (C=O) groups excluding carboxylic acids is 1. The van der Waals surface area contributed by atoms with Crippen molar-refractivity contribution in [1.29, 1.82) is 0 Å². The molecule has 21 heavy (non-hydrogen) atoms. The predicted octanol–water partition coefficient (Wildman–Crippen LogP) is 5.20. The standard InChI is InChI=1S/C17H17BrClNO/c1-2-20(14-6-4-3-5-7-14)11-10-17(21)15-9-8-13(18)12-16(15)19/h3-9,12H,2,10-11H2,1H3. The Labute approximate surface area is 138 Å². The number of ketones is 1. The molecule has 0 saturated heterocycles. The molecule has 2 aromatic rings. The van der Waals surface area contributed by atoms with Crippen LogP contribution in [-0.2, 0) is 0 Å². The lowest BCUT2D eigenvalue weighted by Gasteiger charge is -2.22. The molecule has 110 valence electrons. The lowest BCUT2D eigenvalue weighted by molar-refractivity contribution is 0.0985. The Morgan fingerprint density at radius 2 is 1.90 bits per heavy atom. The van der Waals surface area contributed by atoms with Crippen molar-refractivity contribution in [3.8, 4) is 0 Å². The van der Waals surface area contributed by atoms with E-state index in [-0.39, 0.29) is 5.78 Å². The van der Waals surface area contributed by atoms with Gasteiger partial charge in [0.1, 0.15) is 0 Å². The number of para-hydroxylation sites is 1. The van der Waals surface area contributed by atoms with Crippen molar-refractivity contribution >= 4 is 39.0 Å². The van der Waals surface area contributed by atoms with Crippen LogP contribution >= 0.6 is 27.5 Å². The second kappa shape index (κ2) is 7.62. The maximum atomic E-state index is 12.3. The molecule has 2 rings (SSSR count). The van der Waals surface area contributed by atoms with E-state index < -0.39 is 0 Å². The van der Waals surface area contributed by atoms with Gasteiger partial charge in [0, 0.05) is 35.2 Å². The second-order valence-electron chi connectivity index (χ2n) is 4.71. The molecule has 2 aromatic carbocycles.